The number of benzene rings is 1. The molecule has 0 radical (unpaired) electrons. The zero-order valence-corrected chi connectivity index (χ0v) is 23.1. The number of carbonyl (C=O) groups is 1. The molecule has 0 saturated carbocycles. The number of fused-ring (bicyclic) bond motifs is 2. The average Bonchev–Trinajstić information content (AvgIpc) is 3.06. The second-order valence-corrected chi connectivity index (χ2v) is 11.6. The van der Waals surface area contributed by atoms with Crippen LogP contribution in [0.2, 0.25) is 0 Å². The first-order valence-electron chi connectivity index (χ1n) is 11.8. The van der Waals surface area contributed by atoms with E-state index in [0.29, 0.717) is 27.9 Å². The maximum atomic E-state index is 14.3. The van der Waals surface area contributed by atoms with Crippen LogP contribution in [0.1, 0.15) is 34.6 Å². The smallest absolute Gasteiger partial charge is 0.280 e. The van der Waals surface area contributed by atoms with E-state index in [0.717, 1.165) is 6.07 Å². The molecule has 14 heteroatoms. The highest BCUT2D eigenvalue weighted by Crippen LogP contribution is 2.39. The Morgan fingerprint density at radius 1 is 1.20 bits per heavy atom. The minimum atomic E-state index is -4.34. The van der Waals surface area contributed by atoms with Crippen LogP contribution in [0.3, 0.4) is 0 Å². The number of hydrogen-bond acceptors (Lipinski definition) is 8. The highest BCUT2D eigenvalue weighted by Gasteiger charge is 2.35. The molecular weight excluding hydrogens is 617 g/mol. The number of hydrogen-bond donors (Lipinski definition) is 1. The van der Waals surface area contributed by atoms with Crippen molar-refractivity contribution in [3.8, 4) is 22.9 Å². The normalized spacial score (nSPS) is 16.2. The number of amides is 1. The van der Waals surface area contributed by atoms with E-state index >= 15 is 0 Å². The van der Waals surface area contributed by atoms with Gasteiger partial charge in [0.05, 0.1) is 47.2 Å². The number of ether oxygens (including phenoxy) is 2. The van der Waals surface area contributed by atoms with E-state index in [1.54, 1.807) is 24.4 Å². The number of halogens is 4. The quantitative estimate of drug-likeness (QED) is 0.307. The lowest BCUT2D eigenvalue weighted by atomic mass is 10.1. The summed E-state index contributed by atoms with van der Waals surface area (Å²) in [4.78, 5) is 25.3. The van der Waals surface area contributed by atoms with Gasteiger partial charge in [0.25, 0.3) is 12.3 Å². The van der Waals surface area contributed by atoms with Crippen LogP contribution >= 0.6 is 15.9 Å². The van der Waals surface area contributed by atoms with Gasteiger partial charge in [-0.15, -0.1) is 0 Å². The first kappa shape index (κ1) is 27.8. The number of rotatable bonds is 6. The topological polar surface area (TPSA) is 120 Å². The van der Waals surface area contributed by atoms with E-state index in [9.17, 15) is 26.4 Å². The second-order valence-electron chi connectivity index (χ2n) is 8.72. The Balaban J connectivity index is 1.39. The van der Waals surface area contributed by atoms with Crippen molar-refractivity contribution in [2.24, 2.45) is 0 Å². The van der Waals surface area contributed by atoms with Crippen molar-refractivity contribution in [2.45, 2.75) is 29.8 Å². The van der Waals surface area contributed by atoms with Gasteiger partial charge in [-0.2, -0.15) is 0 Å². The number of sulfone groups is 1. The van der Waals surface area contributed by atoms with Crippen molar-refractivity contribution in [1.82, 2.24) is 20.3 Å². The molecule has 9 nitrogen and oxygen atoms in total. The number of pyridine rings is 3. The summed E-state index contributed by atoms with van der Waals surface area (Å²) in [5.74, 6) is -0.646. The minimum absolute atomic E-state index is 0.00426. The van der Waals surface area contributed by atoms with Crippen molar-refractivity contribution < 1.29 is 35.9 Å². The molecule has 3 aromatic heterocycles. The molecule has 0 spiro atoms. The maximum absolute atomic E-state index is 14.3. The molecule has 1 atom stereocenters. The average molecular weight is 637 g/mol. The monoisotopic (exact) mass is 636 g/mol. The molecule has 0 unspecified atom stereocenters. The van der Waals surface area contributed by atoms with E-state index < -0.39 is 38.3 Å². The molecule has 0 fully saturated rings. The van der Waals surface area contributed by atoms with Crippen LogP contribution in [0.5, 0.6) is 11.6 Å². The van der Waals surface area contributed by atoms with Crippen molar-refractivity contribution >= 4 is 42.6 Å². The Bertz CT molecular complexity index is 1740. The van der Waals surface area contributed by atoms with E-state index in [1.165, 1.54) is 25.3 Å². The summed E-state index contributed by atoms with van der Waals surface area (Å²) in [5.41, 5.74) is -0.762. The summed E-state index contributed by atoms with van der Waals surface area (Å²) in [6.07, 6.45) is -1.51. The molecule has 4 heterocycles. The standard InChI is InChI=1S/C26H20BrF3N4O5S/c1-38-26-16(3-5-19(34-26)24(29)30)18-4-2-13-11-31-15(10-20(13)33-18)12-32-25(35)14-8-17(27)23-21(9-14)40(36,37)22(28)6-7-39-23/h2-5,8-11,22,24H,6-7,12H2,1H3,(H,32,35)/t22-/m1/s1. The van der Waals surface area contributed by atoms with Gasteiger partial charge in [-0.1, -0.05) is 0 Å². The lowest BCUT2D eigenvalue weighted by Crippen LogP contribution is -2.24. The van der Waals surface area contributed by atoms with Crippen molar-refractivity contribution in [3.63, 3.8) is 0 Å². The minimum Gasteiger partial charge on any atom is -0.491 e. The number of alkyl halides is 3. The fraction of sp³-hybridized carbons (Fsp3) is 0.231. The summed E-state index contributed by atoms with van der Waals surface area (Å²) >= 11 is 3.21. The van der Waals surface area contributed by atoms with Crippen LogP contribution in [0.15, 0.2) is 58.0 Å². The second kappa shape index (κ2) is 11.0. The van der Waals surface area contributed by atoms with Gasteiger partial charge < -0.3 is 14.8 Å². The zero-order chi connectivity index (χ0) is 28.6. The van der Waals surface area contributed by atoms with Crippen LogP contribution in [-0.2, 0) is 16.4 Å². The number of aromatic nitrogens is 3. The van der Waals surface area contributed by atoms with Crippen molar-refractivity contribution in [1.29, 1.82) is 0 Å². The Kier molecular flexibility index (Phi) is 7.64. The van der Waals surface area contributed by atoms with Crippen molar-refractivity contribution in [3.05, 3.63) is 70.1 Å². The molecule has 1 N–H and O–H groups in total. The first-order chi connectivity index (χ1) is 19.1. The molecule has 1 aliphatic heterocycles. The van der Waals surface area contributed by atoms with Gasteiger partial charge in [0, 0.05) is 23.6 Å². The van der Waals surface area contributed by atoms with E-state index in [2.05, 4.69) is 36.2 Å². The summed E-state index contributed by atoms with van der Waals surface area (Å²) in [7, 11) is -3.01. The summed E-state index contributed by atoms with van der Waals surface area (Å²) < 4.78 is 76.4. The van der Waals surface area contributed by atoms with Gasteiger partial charge in [-0.05, 0) is 58.4 Å². The van der Waals surface area contributed by atoms with E-state index in [1.807, 2.05) is 0 Å². The fourth-order valence-corrected chi connectivity index (χ4v) is 6.21. The molecular formula is C26H20BrF3N4O5S. The van der Waals surface area contributed by atoms with E-state index in [-0.39, 0.29) is 41.2 Å². The Labute approximate surface area is 234 Å². The van der Waals surface area contributed by atoms with Gasteiger partial charge in [0.2, 0.25) is 21.2 Å². The number of carbonyl (C=O) groups excluding carboxylic acids is 1. The molecule has 0 aliphatic carbocycles. The van der Waals surface area contributed by atoms with Crippen LogP contribution in [-0.4, -0.2) is 48.5 Å². The highest BCUT2D eigenvalue weighted by atomic mass is 79.9. The van der Waals surface area contributed by atoms with Crippen molar-refractivity contribution in [2.75, 3.05) is 13.7 Å². The molecule has 1 aromatic carbocycles. The molecule has 1 aliphatic rings. The highest BCUT2D eigenvalue weighted by molar-refractivity contribution is 9.10. The molecule has 0 bridgehead atoms. The molecule has 5 rings (SSSR count). The maximum Gasteiger partial charge on any atom is 0.280 e. The third-order valence-electron chi connectivity index (χ3n) is 6.14. The lowest BCUT2D eigenvalue weighted by molar-refractivity contribution is 0.0950. The molecule has 208 valence electrons. The Morgan fingerprint density at radius 3 is 2.75 bits per heavy atom. The largest absolute Gasteiger partial charge is 0.491 e. The number of nitrogens with one attached hydrogen (secondary N) is 1. The van der Waals surface area contributed by atoms with Crippen LogP contribution < -0.4 is 14.8 Å². The molecule has 40 heavy (non-hydrogen) atoms. The Hall–Kier alpha value is -3.78. The predicted octanol–water partition coefficient (Wildman–Crippen LogP) is 5.18. The van der Waals surface area contributed by atoms with Gasteiger partial charge in [0.15, 0.2) is 5.75 Å². The van der Waals surface area contributed by atoms with Gasteiger partial charge >= 0.3 is 0 Å². The lowest BCUT2D eigenvalue weighted by Gasteiger charge is -2.12. The summed E-state index contributed by atoms with van der Waals surface area (Å²) in [6.45, 7) is -0.149. The summed E-state index contributed by atoms with van der Waals surface area (Å²) in [5, 5.41) is 3.36. The zero-order valence-electron chi connectivity index (χ0n) is 20.7. The molecule has 0 saturated heterocycles. The Morgan fingerprint density at radius 2 is 2.00 bits per heavy atom. The summed E-state index contributed by atoms with van der Waals surface area (Å²) in [6, 6.07) is 10.2. The van der Waals surface area contributed by atoms with Crippen LogP contribution in [0.4, 0.5) is 13.2 Å². The predicted molar refractivity (Wildman–Crippen MR) is 142 cm³/mol. The van der Waals surface area contributed by atoms with E-state index in [4.69, 9.17) is 9.47 Å². The van der Waals surface area contributed by atoms with Crippen LogP contribution in [0.25, 0.3) is 22.2 Å². The van der Waals surface area contributed by atoms with Gasteiger partial charge in [0.1, 0.15) is 10.6 Å². The van der Waals surface area contributed by atoms with Gasteiger partial charge in [-0.25, -0.2) is 31.6 Å². The SMILES string of the molecule is COc1nc(C(F)F)ccc1-c1ccc2cnc(CNC(=O)c3cc(Br)c4c(c3)S(=O)(=O)[C@@H](F)CCO4)cc2n1. The first-order valence-corrected chi connectivity index (χ1v) is 14.1. The van der Waals surface area contributed by atoms with Crippen LogP contribution in [0, 0.1) is 0 Å². The molecule has 4 aromatic rings. The number of nitrogens with zero attached hydrogens (tertiary/aromatic N) is 3. The number of methoxy groups -OCH3 is 1. The third-order valence-corrected chi connectivity index (χ3v) is 8.56. The fourth-order valence-electron chi connectivity index (χ4n) is 4.10. The molecule has 1 amide bonds. The van der Waals surface area contributed by atoms with Gasteiger partial charge in [-0.3, -0.25) is 9.78 Å². The third kappa shape index (κ3) is 5.32.